The van der Waals surface area contributed by atoms with Gasteiger partial charge in [0.1, 0.15) is 5.82 Å². The van der Waals surface area contributed by atoms with Crippen LogP contribution >= 0.6 is 11.6 Å². The van der Waals surface area contributed by atoms with Crippen LogP contribution in [0.15, 0.2) is 28.8 Å². The van der Waals surface area contributed by atoms with E-state index in [0.717, 1.165) is 6.07 Å². The molecule has 1 atom stereocenters. The lowest BCUT2D eigenvalue weighted by Gasteiger charge is -2.24. The molecule has 1 heterocycles. The van der Waals surface area contributed by atoms with Crippen molar-refractivity contribution in [1.29, 1.82) is 0 Å². The molecule has 0 aromatic heterocycles. The molecule has 0 radical (unpaired) electrons. The number of benzene rings is 1. The Labute approximate surface area is 134 Å². The molecule has 1 aromatic rings. The van der Waals surface area contributed by atoms with E-state index in [4.69, 9.17) is 17.3 Å². The lowest BCUT2D eigenvalue weighted by molar-refractivity contribution is -0.146. The second kappa shape index (κ2) is 6.67. The molecule has 1 aromatic carbocycles. The molecule has 1 aliphatic rings. The van der Waals surface area contributed by atoms with Crippen LogP contribution in [0.25, 0.3) is 5.70 Å². The van der Waals surface area contributed by atoms with Crippen molar-refractivity contribution in [3.63, 3.8) is 0 Å². The highest BCUT2D eigenvalue weighted by molar-refractivity contribution is 6.31. The Morgan fingerprint density at radius 1 is 1.43 bits per heavy atom. The van der Waals surface area contributed by atoms with Crippen molar-refractivity contribution < 1.29 is 22.4 Å². The second-order valence-corrected chi connectivity index (χ2v) is 5.25. The third kappa shape index (κ3) is 3.89. The van der Waals surface area contributed by atoms with Crippen molar-refractivity contribution in [3.8, 4) is 0 Å². The number of alkyl halides is 3. The number of nitrogens with one attached hydrogen (secondary N) is 1. The minimum Gasteiger partial charge on any atom is -0.398 e. The zero-order valence-electron chi connectivity index (χ0n) is 11.6. The molecule has 4 nitrogen and oxygen atoms in total. The quantitative estimate of drug-likeness (QED) is 0.500. The van der Waals surface area contributed by atoms with Crippen molar-refractivity contribution in [1.82, 2.24) is 5.32 Å². The van der Waals surface area contributed by atoms with Gasteiger partial charge in [-0.2, -0.15) is 13.2 Å². The van der Waals surface area contributed by atoms with Crippen LogP contribution in [0.1, 0.15) is 5.56 Å². The van der Waals surface area contributed by atoms with Gasteiger partial charge < -0.3 is 11.1 Å². The normalized spacial score (nSPS) is 19.9. The largest absolute Gasteiger partial charge is 0.411 e. The number of hydrogen-bond acceptors (Lipinski definition) is 4. The van der Waals surface area contributed by atoms with Crippen LogP contribution in [0.5, 0.6) is 0 Å². The van der Waals surface area contributed by atoms with E-state index in [0.29, 0.717) is 6.29 Å². The minimum absolute atomic E-state index is 0.0315. The standard InChI is InChI=1S/C14H12ClF4N3O/c15-9-3-7(1-2-10(9)16)13(20)8(6-23)11-4-21-5-12(22-11)14(17,18)19/h1-3,6,12,21H,4-5,20H2. The van der Waals surface area contributed by atoms with Gasteiger partial charge in [-0.25, -0.2) is 4.39 Å². The first-order valence-electron chi connectivity index (χ1n) is 6.49. The van der Waals surface area contributed by atoms with Gasteiger partial charge in [0.25, 0.3) is 0 Å². The molecule has 0 saturated carbocycles. The van der Waals surface area contributed by atoms with Crippen molar-refractivity contribution in [3.05, 3.63) is 40.2 Å². The maximum atomic E-state index is 13.2. The van der Waals surface area contributed by atoms with Gasteiger partial charge in [-0.05, 0) is 23.8 Å². The van der Waals surface area contributed by atoms with Gasteiger partial charge in [-0.15, -0.1) is 0 Å². The van der Waals surface area contributed by atoms with Crippen LogP contribution in [0.3, 0.4) is 0 Å². The van der Waals surface area contributed by atoms with E-state index in [1.807, 2.05) is 0 Å². The van der Waals surface area contributed by atoms with Crippen LogP contribution in [-0.2, 0) is 4.79 Å². The maximum absolute atomic E-state index is 13.2. The summed E-state index contributed by atoms with van der Waals surface area (Å²) in [6, 6.07) is 1.56. The number of hydrogen-bond donors (Lipinski definition) is 2. The van der Waals surface area contributed by atoms with Gasteiger partial charge >= 0.3 is 6.18 Å². The molecule has 3 N–H and O–H groups in total. The molecule has 0 bridgehead atoms. The highest BCUT2D eigenvalue weighted by Crippen LogP contribution is 2.26. The molecule has 0 spiro atoms. The monoisotopic (exact) mass is 349 g/mol. The maximum Gasteiger partial charge on any atom is 0.411 e. The number of halogens is 5. The second-order valence-electron chi connectivity index (χ2n) is 4.84. The fourth-order valence-corrected chi connectivity index (χ4v) is 2.25. The summed E-state index contributed by atoms with van der Waals surface area (Å²) >= 11 is 5.64. The molecule has 2 rings (SSSR count). The zero-order chi connectivity index (χ0) is 17.2. The summed E-state index contributed by atoms with van der Waals surface area (Å²) in [6.45, 7) is -0.405. The van der Waals surface area contributed by atoms with Gasteiger partial charge in [0.15, 0.2) is 12.3 Å². The van der Waals surface area contributed by atoms with Crippen LogP contribution in [0.2, 0.25) is 5.02 Å². The first-order chi connectivity index (χ1) is 10.7. The van der Waals surface area contributed by atoms with Crippen LogP contribution in [-0.4, -0.2) is 37.3 Å². The summed E-state index contributed by atoms with van der Waals surface area (Å²) in [6.07, 6.45) is -4.20. The Balaban J connectivity index is 2.46. The molecule has 9 heteroatoms. The predicted molar refractivity (Wildman–Crippen MR) is 78.7 cm³/mol. The third-order valence-corrected chi connectivity index (χ3v) is 3.56. The van der Waals surface area contributed by atoms with Gasteiger partial charge in [0, 0.05) is 13.1 Å². The van der Waals surface area contributed by atoms with Crippen LogP contribution in [0, 0.1) is 5.82 Å². The van der Waals surface area contributed by atoms with Gasteiger partial charge in [0.05, 0.1) is 22.0 Å². The van der Waals surface area contributed by atoms with Gasteiger partial charge in [0.2, 0.25) is 0 Å². The average molecular weight is 350 g/mol. The van der Waals surface area contributed by atoms with Crippen molar-refractivity contribution in [2.45, 2.75) is 12.2 Å². The number of aldehydes is 1. The fourth-order valence-electron chi connectivity index (χ4n) is 2.07. The number of carbonyl (C=O) groups excluding carboxylic acids is 1. The summed E-state index contributed by atoms with van der Waals surface area (Å²) in [5, 5.41) is 2.33. The summed E-state index contributed by atoms with van der Waals surface area (Å²) in [5.74, 6) is -0.676. The van der Waals surface area contributed by atoms with E-state index in [2.05, 4.69) is 10.3 Å². The first kappa shape index (κ1) is 17.4. The number of rotatable bonds is 3. The number of nitrogens with zero attached hydrogens (tertiary/aromatic N) is 1. The molecule has 1 unspecified atom stereocenters. The Hall–Kier alpha value is -1.93. The van der Waals surface area contributed by atoms with E-state index in [9.17, 15) is 22.4 Å². The van der Waals surface area contributed by atoms with Crippen LogP contribution < -0.4 is 11.1 Å². The minimum atomic E-state index is -4.53. The van der Waals surface area contributed by atoms with Crippen LogP contribution in [0.4, 0.5) is 17.6 Å². The first-order valence-corrected chi connectivity index (χ1v) is 6.86. The molecule has 124 valence electrons. The average Bonchev–Trinajstić information content (AvgIpc) is 2.50. The predicted octanol–water partition coefficient (Wildman–Crippen LogP) is 2.32. The third-order valence-electron chi connectivity index (χ3n) is 3.27. The Morgan fingerprint density at radius 2 is 2.13 bits per heavy atom. The smallest absolute Gasteiger partial charge is 0.398 e. The van der Waals surface area contributed by atoms with Crippen molar-refractivity contribution in [2.75, 3.05) is 13.1 Å². The van der Waals surface area contributed by atoms with Gasteiger partial charge in [-0.3, -0.25) is 9.79 Å². The van der Waals surface area contributed by atoms with E-state index in [-0.39, 0.29) is 40.7 Å². The Bertz CT molecular complexity index is 685. The summed E-state index contributed by atoms with van der Waals surface area (Å²) in [4.78, 5) is 14.9. The number of carbonyl (C=O) groups is 1. The highest BCUT2D eigenvalue weighted by atomic mass is 35.5. The van der Waals surface area contributed by atoms with E-state index in [1.54, 1.807) is 0 Å². The van der Waals surface area contributed by atoms with E-state index >= 15 is 0 Å². The van der Waals surface area contributed by atoms with E-state index in [1.165, 1.54) is 12.1 Å². The fraction of sp³-hybridized carbons (Fsp3) is 0.286. The summed E-state index contributed by atoms with van der Waals surface area (Å²) < 4.78 is 51.4. The SMILES string of the molecule is NC(=C(C=O)C1=NC(C(F)(F)F)CNC1)c1ccc(F)c(Cl)c1. The number of aliphatic imine (C=N–C) groups is 1. The summed E-state index contributed by atoms with van der Waals surface area (Å²) in [7, 11) is 0. The topological polar surface area (TPSA) is 67.5 Å². The molecule has 23 heavy (non-hydrogen) atoms. The van der Waals surface area contributed by atoms with Crippen molar-refractivity contribution in [2.24, 2.45) is 10.7 Å². The molecule has 0 fully saturated rings. The molecular formula is C14H12ClF4N3O. The zero-order valence-corrected chi connectivity index (χ0v) is 12.4. The van der Waals surface area contributed by atoms with Crippen molar-refractivity contribution >= 4 is 29.3 Å². The van der Waals surface area contributed by atoms with E-state index < -0.39 is 18.0 Å². The number of nitrogens with two attached hydrogens (primary N) is 1. The van der Waals surface area contributed by atoms with Gasteiger partial charge in [-0.1, -0.05) is 11.6 Å². The highest BCUT2D eigenvalue weighted by Gasteiger charge is 2.41. The molecule has 1 aliphatic heterocycles. The molecule has 0 amide bonds. The Kier molecular flexibility index (Phi) is 5.06. The lowest BCUT2D eigenvalue weighted by Crippen LogP contribution is -2.45. The molecular weight excluding hydrogens is 338 g/mol. The lowest BCUT2D eigenvalue weighted by atomic mass is 10.0. The summed E-state index contributed by atoms with van der Waals surface area (Å²) in [5.41, 5.74) is 5.64. The Morgan fingerprint density at radius 3 is 2.70 bits per heavy atom. The molecule has 0 aliphatic carbocycles. The molecule has 0 saturated heterocycles.